The quantitative estimate of drug-likeness (QED) is 0.702. The molecule has 0 amide bonds. The van der Waals surface area contributed by atoms with Gasteiger partial charge in [-0.3, -0.25) is 12.6 Å². The van der Waals surface area contributed by atoms with Gasteiger partial charge < -0.3 is 13.7 Å². The Morgan fingerprint density at radius 2 is 1.25 bits per heavy atom. The van der Waals surface area contributed by atoms with Crippen LogP contribution in [-0.4, -0.2) is 26.3 Å². The van der Waals surface area contributed by atoms with E-state index in [2.05, 4.69) is 0 Å². The van der Waals surface area contributed by atoms with Gasteiger partial charge in [0.1, 0.15) is 0 Å². The Kier molecular flexibility index (Phi) is 4.47. The summed E-state index contributed by atoms with van der Waals surface area (Å²) >= 11 is -8.07. The van der Waals surface area contributed by atoms with E-state index in [-0.39, 0.29) is 20.2 Å². The van der Waals surface area contributed by atoms with Gasteiger partial charge in [-0.2, -0.15) is 0 Å². The first-order chi connectivity index (χ1) is 7.34. The fourth-order valence-electron chi connectivity index (χ4n) is 1.08. The van der Waals surface area contributed by atoms with E-state index in [0.717, 1.165) is 12.1 Å². The lowest BCUT2D eigenvalue weighted by molar-refractivity contribution is 0.530. The van der Waals surface area contributed by atoms with Gasteiger partial charge in [0.05, 0.1) is 0 Å². The maximum absolute atomic E-state index is 10.8. The molecular formula is C7H5O6S3-3. The first-order valence-corrected chi connectivity index (χ1v) is 6.99. The molecule has 1 aromatic carbocycles. The normalized spacial score (nSPS) is 16.8. The zero-order chi connectivity index (χ0) is 12.5. The van der Waals surface area contributed by atoms with E-state index in [4.69, 9.17) is 0 Å². The molecule has 6 nitrogen and oxygen atoms in total. The van der Waals surface area contributed by atoms with Gasteiger partial charge in [0.25, 0.3) is 0 Å². The van der Waals surface area contributed by atoms with Crippen molar-refractivity contribution in [2.75, 3.05) is 0 Å². The minimum atomic E-state index is -2.69. The van der Waals surface area contributed by atoms with Crippen LogP contribution >= 0.6 is 0 Å². The predicted octanol–water partition coefficient (Wildman–Crippen LogP) is -0.291. The maximum Gasteiger partial charge on any atom is 0.0301 e. The SMILES string of the molecule is Cc1c(S(=O)[O-])cc(S(=O)[O-])cc1S(=O)[O-]. The molecule has 0 N–H and O–H groups in total. The van der Waals surface area contributed by atoms with Crippen molar-refractivity contribution in [3.05, 3.63) is 17.7 Å². The smallest absolute Gasteiger partial charge is 0.0301 e. The lowest BCUT2D eigenvalue weighted by atomic mass is 10.2. The molecule has 0 bridgehead atoms. The minimum Gasteiger partial charge on any atom is -0.768 e. The molecule has 9 heteroatoms. The van der Waals surface area contributed by atoms with Gasteiger partial charge in [-0.25, -0.2) is 0 Å². The Morgan fingerprint density at radius 3 is 1.50 bits per heavy atom. The van der Waals surface area contributed by atoms with Crippen LogP contribution in [0.2, 0.25) is 0 Å². The number of hydrogen-bond donors (Lipinski definition) is 0. The molecule has 3 unspecified atom stereocenters. The van der Waals surface area contributed by atoms with E-state index in [1.165, 1.54) is 6.92 Å². The van der Waals surface area contributed by atoms with Crippen LogP contribution in [-0.2, 0) is 33.2 Å². The second-order valence-electron chi connectivity index (χ2n) is 2.75. The highest BCUT2D eigenvalue weighted by atomic mass is 32.2. The van der Waals surface area contributed by atoms with Crippen LogP contribution in [0.1, 0.15) is 5.56 Å². The standard InChI is InChI=1S/C7H8O6S3/c1-4-6(15(10)11)2-5(14(8)9)3-7(4)16(12)13/h2-3H,1H3,(H,8,9)(H,10,11)(H,12,13)/p-3. The Balaban J connectivity index is 3.57. The van der Waals surface area contributed by atoms with Crippen molar-refractivity contribution in [2.45, 2.75) is 21.6 Å². The van der Waals surface area contributed by atoms with Crippen LogP contribution in [0.15, 0.2) is 26.8 Å². The predicted molar refractivity (Wildman–Crippen MR) is 52.7 cm³/mol. The summed E-state index contributed by atoms with van der Waals surface area (Å²) in [4.78, 5) is -1.08. The van der Waals surface area contributed by atoms with E-state index in [1.807, 2.05) is 0 Å². The summed E-state index contributed by atoms with van der Waals surface area (Å²) in [6.45, 7) is 1.29. The lowest BCUT2D eigenvalue weighted by Crippen LogP contribution is -2.03. The first kappa shape index (κ1) is 13.6. The van der Waals surface area contributed by atoms with Gasteiger partial charge in [-0.15, -0.1) is 0 Å². The fraction of sp³-hybridized carbons (Fsp3) is 0.143. The summed E-state index contributed by atoms with van der Waals surface area (Å²) in [5.74, 6) is 0. The van der Waals surface area contributed by atoms with Crippen LogP contribution in [0.3, 0.4) is 0 Å². The second kappa shape index (κ2) is 5.25. The average molecular weight is 281 g/mol. The maximum atomic E-state index is 10.8. The summed E-state index contributed by atoms with van der Waals surface area (Å²) in [5, 5.41) is 0. The largest absolute Gasteiger partial charge is 0.768 e. The third-order valence-corrected chi connectivity index (χ3v) is 4.02. The summed E-state index contributed by atoms with van der Waals surface area (Å²) < 4.78 is 64.4. The molecule has 0 saturated heterocycles. The van der Waals surface area contributed by atoms with Crippen molar-refractivity contribution in [3.63, 3.8) is 0 Å². The van der Waals surface area contributed by atoms with Crippen LogP contribution < -0.4 is 0 Å². The van der Waals surface area contributed by atoms with Gasteiger partial charge in [0, 0.05) is 14.7 Å². The fourth-order valence-corrected chi connectivity index (χ4v) is 2.89. The zero-order valence-electron chi connectivity index (χ0n) is 7.83. The molecule has 0 aromatic heterocycles. The molecule has 0 spiro atoms. The van der Waals surface area contributed by atoms with Gasteiger partial charge >= 0.3 is 0 Å². The molecule has 1 rings (SSSR count). The highest BCUT2D eigenvalue weighted by Crippen LogP contribution is 2.23. The van der Waals surface area contributed by atoms with Crippen LogP contribution in [0.25, 0.3) is 0 Å². The molecule has 0 heterocycles. The molecular weight excluding hydrogens is 276 g/mol. The summed E-state index contributed by atoms with van der Waals surface area (Å²) in [7, 11) is 0. The third-order valence-electron chi connectivity index (χ3n) is 1.84. The van der Waals surface area contributed by atoms with Crippen LogP contribution in [0.5, 0.6) is 0 Å². The molecule has 1 aromatic rings. The lowest BCUT2D eigenvalue weighted by Gasteiger charge is -2.18. The minimum absolute atomic E-state index is 0.00383. The van der Waals surface area contributed by atoms with Gasteiger partial charge in [-0.1, -0.05) is 0 Å². The number of hydrogen-bond acceptors (Lipinski definition) is 6. The highest BCUT2D eigenvalue weighted by Gasteiger charge is 2.09. The van der Waals surface area contributed by atoms with Crippen molar-refractivity contribution in [3.8, 4) is 0 Å². The van der Waals surface area contributed by atoms with Crippen LogP contribution in [0, 0.1) is 6.92 Å². The van der Waals surface area contributed by atoms with Crippen molar-refractivity contribution in [1.29, 1.82) is 0 Å². The van der Waals surface area contributed by atoms with E-state index in [0.29, 0.717) is 0 Å². The first-order valence-electron chi connectivity index (χ1n) is 3.77. The van der Waals surface area contributed by atoms with Crippen molar-refractivity contribution in [2.24, 2.45) is 0 Å². The molecule has 0 saturated carbocycles. The second-order valence-corrected chi connectivity index (χ2v) is 5.51. The van der Waals surface area contributed by atoms with E-state index in [9.17, 15) is 26.3 Å². The summed E-state index contributed by atoms with van der Waals surface area (Å²) in [5.41, 5.74) is -0.00383. The number of benzene rings is 1. The molecule has 16 heavy (non-hydrogen) atoms. The van der Waals surface area contributed by atoms with Crippen molar-refractivity contribution in [1.82, 2.24) is 0 Å². The van der Waals surface area contributed by atoms with Gasteiger partial charge in [0.2, 0.25) is 0 Å². The van der Waals surface area contributed by atoms with E-state index < -0.39 is 33.2 Å². The van der Waals surface area contributed by atoms with Gasteiger partial charge in [-0.05, 0) is 57.9 Å². The summed E-state index contributed by atoms with van der Waals surface area (Å²) in [6.07, 6.45) is 0. The van der Waals surface area contributed by atoms with E-state index >= 15 is 0 Å². The Bertz CT molecular complexity index is 462. The molecule has 0 radical (unpaired) electrons. The molecule has 90 valence electrons. The highest BCUT2D eigenvalue weighted by molar-refractivity contribution is 7.81. The van der Waals surface area contributed by atoms with Crippen molar-refractivity contribution < 1.29 is 26.3 Å². The van der Waals surface area contributed by atoms with Crippen molar-refractivity contribution >= 4 is 33.2 Å². The zero-order valence-corrected chi connectivity index (χ0v) is 10.3. The summed E-state index contributed by atoms with van der Waals surface area (Å²) in [6, 6.07) is 1.80. The van der Waals surface area contributed by atoms with E-state index in [1.54, 1.807) is 0 Å². The molecule has 3 atom stereocenters. The topological polar surface area (TPSA) is 120 Å². The third kappa shape index (κ3) is 2.81. The molecule has 0 fully saturated rings. The Hall–Kier alpha value is -0.450. The average Bonchev–Trinajstić information content (AvgIpc) is 2.16. The monoisotopic (exact) mass is 281 g/mol. The Morgan fingerprint density at radius 1 is 0.875 bits per heavy atom. The van der Waals surface area contributed by atoms with Crippen LogP contribution in [0.4, 0.5) is 0 Å². The molecule has 0 aliphatic heterocycles. The number of rotatable bonds is 3. The van der Waals surface area contributed by atoms with Gasteiger partial charge in [0.15, 0.2) is 0 Å². The molecule has 0 aliphatic carbocycles. The Labute approximate surface area is 98.9 Å². The molecule has 0 aliphatic rings.